The first-order chi connectivity index (χ1) is 11.5. The second-order valence-electron chi connectivity index (χ2n) is 5.38. The van der Waals surface area contributed by atoms with Gasteiger partial charge in [-0.05, 0) is 12.1 Å². The van der Waals surface area contributed by atoms with E-state index in [1.54, 1.807) is 0 Å². The standard InChI is InChI=1S/C16H15ClF3N3O.ClH/c17-10-2-1-9(11(18)5-10)8-24-16-13(20)6-12(19)15(23-16)14-7-21-3-4-22-14;/h1-2,5-6,14,21-22H,3-4,7-8H2;1H. The quantitative estimate of drug-likeness (QED) is 0.835. The van der Waals surface area contributed by atoms with E-state index in [9.17, 15) is 13.2 Å². The van der Waals surface area contributed by atoms with Gasteiger partial charge >= 0.3 is 0 Å². The predicted molar refractivity (Wildman–Crippen MR) is 90.8 cm³/mol. The Morgan fingerprint density at radius 1 is 1.12 bits per heavy atom. The number of hydrogen-bond donors (Lipinski definition) is 2. The Balaban J connectivity index is 0.00000225. The monoisotopic (exact) mass is 393 g/mol. The molecule has 2 heterocycles. The summed E-state index contributed by atoms with van der Waals surface area (Å²) in [4.78, 5) is 3.93. The van der Waals surface area contributed by atoms with Crippen molar-refractivity contribution in [3.05, 3.63) is 58.0 Å². The molecule has 2 N–H and O–H groups in total. The molecule has 1 aromatic heterocycles. The van der Waals surface area contributed by atoms with Gasteiger partial charge in [-0.25, -0.2) is 18.2 Å². The lowest BCUT2D eigenvalue weighted by Crippen LogP contribution is -2.43. The average molecular weight is 394 g/mol. The summed E-state index contributed by atoms with van der Waals surface area (Å²) in [5.41, 5.74) is 0.263. The molecule has 9 heteroatoms. The van der Waals surface area contributed by atoms with E-state index in [4.69, 9.17) is 16.3 Å². The van der Waals surface area contributed by atoms with E-state index in [2.05, 4.69) is 15.6 Å². The van der Waals surface area contributed by atoms with Gasteiger partial charge in [0.1, 0.15) is 18.2 Å². The molecule has 0 spiro atoms. The number of aromatic nitrogens is 1. The molecule has 1 aliphatic heterocycles. The average Bonchev–Trinajstić information content (AvgIpc) is 2.56. The van der Waals surface area contributed by atoms with Gasteiger partial charge in [-0.1, -0.05) is 17.7 Å². The van der Waals surface area contributed by atoms with E-state index < -0.39 is 17.5 Å². The third-order valence-corrected chi connectivity index (χ3v) is 3.91. The highest BCUT2D eigenvalue weighted by Crippen LogP contribution is 2.24. The number of benzene rings is 1. The number of rotatable bonds is 4. The maximum absolute atomic E-state index is 14.0. The SMILES string of the molecule is Cl.Fc1cc(Cl)ccc1COc1nc(C2CNCCN2)c(F)cc1F. The first-order valence-corrected chi connectivity index (χ1v) is 7.79. The molecule has 1 aromatic carbocycles. The molecule has 1 atom stereocenters. The van der Waals surface area contributed by atoms with Gasteiger partial charge in [-0.2, -0.15) is 0 Å². The Hall–Kier alpha value is -1.54. The summed E-state index contributed by atoms with van der Waals surface area (Å²) in [6.07, 6.45) is 0. The zero-order chi connectivity index (χ0) is 17.1. The summed E-state index contributed by atoms with van der Waals surface area (Å²) in [5, 5.41) is 6.44. The van der Waals surface area contributed by atoms with Crippen LogP contribution in [0.5, 0.6) is 5.88 Å². The van der Waals surface area contributed by atoms with Crippen LogP contribution in [0.1, 0.15) is 17.3 Å². The summed E-state index contributed by atoms with van der Waals surface area (Å²) in [6, 6.07) is 4.42. The Kier molecular flexibility index (Phi) is 6.89. The number of halogens is 5. The summed E-state index contributed by atoms with van der Waals surface area (Å²) < 4.78 is 46.8. The van der Waals surface area contributed by atoms with Crippen LogP contribution in [0.15, 0.2) is 24.3 Å². The fraction of sp³-hybridized carbons (Fsp3) is 0.312. The fourth-order valence-electron chi connectivity index (χ4n) is 2.44. The molecule has 0 saturated carbocycles. The number of piperazine rings is 1. The van der Waals surface area contributed by atoms with E-state index >= 15 is 0 Å². The zero-order valence-electron chi connectivity index (χ0n) is 13.0. The minimum absolute atomic E-state index is 0. The Bertz CT molecular complexity index is 743. The molecule has 3 rings (SSSR count). The van der Waals surface area contributed by atoms with E-state index in [1.807, 2.05) is 0 Å². The molecule has 0 aliphatic carbocycles. The third kappa shape index (κ3) is 4.76. The number of hydrogen-bond acceptors (Lipinski definition) is 4. The first-order valence-electron chi connectivity index (χ1n) is 7.41. The molecule has 1 fully saturated rings. The molecular formula is C16H16Cl2F3N3O. The summed E-state index contributed by atoms with van der Waals surface area (Å²) in [6.45, 7) is 1.64. The maximum atomic E-state index is 14.0. The van der Waals surface area contributed by atoms with Crippen molar-refractivity contribution in [1.29, 1.82) is 0 Å². The smallest absolute Gasteiger partial charge is 0.251 e. The van der Waals surface area contributed by atoms with E-state index in [0.717, 1.165) is 18.7 Å². The predicted octanol–water partition coefficient (Wildman–Crippen LogP) is 3.39. The van der Waals surface area contributed by atoms with E-state index in [1.165, 1.54) is 12.1 Å². The lowest BCUT2D eigenvalue weighted by atomic mass is 10.1. The lowest BCUT2D eigenvalue weighted by Gasteiger charge is -2.24. The van der Waals surface area contributed by atoms with Gasteiger partial charge in [0.25, 0.3) is 5.88 Å². The van der Waals surface area contributed by atoms with Gasteiger partial charge in [-0.15, -0.1) is 12.4 Å². The Morgan fingerprint density at radius 2 is 1.92 bits per heavy atom. The van der Waals surface area contributed by atoms with Gasteiger partial charge in [0.2, 0.25) is 0 Å². The van der Waals surface area contributed by atoms with Gasteiger partial charge in [0.15, 0.2) is 5.82 Å². The molecule has 25 heavy (non-hydrogen) atoms. The van der Waals surface area contributed by atoms with Crippen molar-refractivity contribution >= 4 is 24.0 Å². The second kappa shape index (κ2) is 8.71. The van der Waals surface area contributed by atoms with Crippen LogP contribution in [-0.2, 0) is 6.61 Å². The minimum Gasteiger partial charge on any atom is -0.471 e. The lowest BCUT2D eigenvalue weighted by molar-refractivity contribution is 0.267. The van der Waals surface area contributed by atoms with Gasteiger partial charge in [0.05, 0.1) is 11.7 Å². The molecule has 0 radical (unpaired) electrons. The first kappa shape index (κ1) is 19.8. The highest BCUT2D eigenvalue weighted by Gasteiger charge is 2.22. The molecule has 0 amide bonds. The number of nitrogens with zero attached hydrogens (tertiary/aromatic N) is 1. The van der Waals surface area contributed by atoms with Crippen molar-refractivity contribution in [3.63, 3.8) is 0 Å². The van der Waals surface area contributed by atoms with Crippen LogP contribution in [0.2, 0.25) is 5.02 Å². The molecule has 2 aromatic rings. The van der Waals surface area contributed by atoms with E-state index in [0.29, 0.717) is 13.1 Å². The van der Waals surface area contributed by atoms with Crippen molar-refractivity contribution in [2.75, 3.05) is 19.6 Å². The molecule has 1 aliphatic rings. The van der Waals surface area contributed by atoms with Gasteiger partial charge < -0.3 is 15.4 Å². The number of pyridine rings is 1. The normalized spacial score (nSPS) is 17.0. The van der Waals surface area contributed by atoms with E-state index in [-0.39, 0.29) is 47.2 Å². The summed E-state index contributed by atoms with van der Waals surface area (Å²) >= 11 is 5.68. The molecule has 1 saturated heterocycles. The van der Waals surface area contributed by atoms with Crippen LogP contribution in [0.25, 0.3) is 0 Å². The fourth-order valence-corrected chi connectivity index (χ4v) is 2.60. The molecule has 136 valence electrons. The Labute approximate surface area is 154 Å². The zero-order valence-corrected chi connectivity index (χ0v) is 14.6. The van der Waals surface area contributed by atoms with Crippen molar-refractivity contribution in [1.82, 2.24) is 15.6 Å². The highest BCUT2D eigenvalue weighted by molar-refractivity contribution is 6.30. The Morgan fingerprint density at radius 3 is 2.60 bits per heavy atom. The molecule has 1 unspecified atom stereocenters. The topological polar surface area (TPSA) is 46.2 Å². The summed E-state index contributed by atoms with van der Waals surface area (Å²) in [5.74, 6) is -2.62. The minimum atomic E-state index is -0.936. The van der Waals surface area contributed by atoms with Crippen LogP contribution in [0.3, 0.4) is 0 Å². The third-order valence-electron chi connectivity index (χ3n) is 3.67. The summed E-state index contributed by atoms with van der Waals surface area (Å²) in [7, 11) is 0. The van der Waals surface area contributed by atoms with Gasteiger partial charge in [0, 0.05) is 36.3 Å². The number of ether oxygens (including phenoxy) is 1. The second-order valence-corrected chi connectivity index (χ2v) is 5.81. The molecule has 0 bridgehead atoms. The maximum Gasteiger partial charge on any atom is 0.251 e. The van der Waals surface area contributed by atoms with Crippen LogP contribution in [0, 0.1) is 17.5 Å². The van der Waals surface area contributed by atoms with Crippen LogP contribution < -0.4 is 15.4 Å². The van der Waals surface area contributed by atoms with Crippen LogP contribution >= 0.6 is 24.0 Å². The molecular weight excluding hydrogens is 378 g/mol. The van der Waals surface area contributed by atoms with Crippen LogP contribution in [0.4, 0.5) is 13.2 Å². The van der Waals surface area contributed by atoms with Crippen molar-refractivity contribution in [2.24, 2.45) is 0 Å². The van der Waals surface area contributed by atoms with Crippen LogP contribution in [-0.4, -0.2) is 24.6 Å². The highest BCUT2D eigenvalue weighted by atomic mass is 35.5. The van der Waals surface area contributed by atoms with Crippen molar-refractivity contribution < 1.29 is 17.9 Å². The van der Waals surface area contributed by atoms with Crippen molar-refractivity contribution in [3.8, 4) is 5.88 Å². The largest absolute Gasteiger partial charge is 0.471 e. The van der Waals surface area contributed by atoms with Crippen molar-refractivity contribution in [2.45, 2.75) is 12.6 Å². The number of nitrogens with one attached hydrogen (secondary N) is 2. The molecule has 4 nitrogen and oxygen atoms in total. The van der Waals surface area contributed by atoms with Gasteiger partial charge in [-0.3, -0.25) is 0 Å².